The minimum absolute atomic E-state index is 0.0769. The highest BCUT2D eigenvalue weighted by Gasteiger charge is 2.35. The number of hydrogen-bond donors (Lipinski definition) is 2. The van der Waals surface area contributed by atoms with Gasteiger partial charge in [0.2, 0.25) is 5.91 Å². The topological polar surface area (TPSA) is 36.8 Å². The van der Waals surface area contributed by atoms with Crippen molar-refractivity contribution in [2.24, 2.45) is 5.92 Å². The molecule has 2 aliphatic rings. The van der Waals surface area contributed by atoms with Gasteiger partial charge in [-0.25, -0.2) is 4.39 Å². The van der Waals surface area contributed by atoms with Crippen LogP contribution in [0.3, 0.4) is 0 Å². The van der Waals surface area contributed by atoms with Crippen LogP contribution in [0.25, 0.3) is 0 Å². The molecule has 2 fully saturated rings. The molecule has 1 amide bonds. The number of hydrogen-bond acceptors (Lipinski definition) is 3. The van der Waals surface area contributed by atoms with E-state index in [2.05, 4.69) is 34.7 Å². The third kappa shape index (κ3) is 4.86. The number of nitrogens with one attached hydrogen (secondary N) is 2. The number of quaternary nitrogens is 1. The molecule has 1 aromatic heterocycles. The van der Waals surface area contributed by atoms with Gasteiger partial charge in [-0.05, 0) is 43.3 Å². The first kappa shape index (κ1) is 21.3. The monoisotopic (exact) mass is 430 g/mol. The Morgan fingerprint density at radius 3 is 2.53 bits per heavy atom. The molecule has 0 unspecified atom stereocenters. The smallest absolute Gasteiger partial charge is 0.223 e. The number of rotatable bonds is 6. The largest absolute Gasteiger partial charge is 0.358 e. The molecule has 2 heterocycles. The second-order valence-corrected chi connectivity index (χ2v) is 9.70. The fourth-order valence-corrected chi connectivity index (χ4v) is 6.10. The van der Waals surface area contributed by atoms with Crippen LogP contribution in [0, 0.1) is 11.7 Å². The molecule has 1 saturated heterocycles. The normalized spacial score (nSPS) is 20.7. The molecule has 1 saturated carbocycles. The van der Waals surface area contributed by atoms with Crippen LogP contribution in [0.5, 0.6) is 0 Å². The molecule has 2 atom stereocenters. The summed E-state index contributed by atoms with van der Waals surface area (Å²) in [6, 6.07) is 11.6. The molecule has 1 aliphatic carbocycles. The third-order valence-electron chi connectivity index (χ3n) is 6.73. The molecule has 1 aliphatic heterocycles. The van der Waals surface area contributed by atoms with Crippen molar-refractivity contribution in [2.75, 3.05) is 31.1 Å². The van der Waals surface area contributed by atoms with E-state index < -0.39 is 0 Å². The molecule has 162 valence electrons. The van der Waals surface area contributed by atoms with Gasteiger partial charge in [-0.3, -0.25) is 4.79 Å². The number of benzene rings is 1. The van der Waals surface area contributed by atoms with Crippen LogP contribution in [0.2, 0.25) is 0 Å². The van der Waals surface area contributed by atoms with Crippen molar-refractivity contribution in [3.63, 3.8) is 0 Å². The standard InChI is InChI=1S/C24H32FN3OS/c1-18(26-24(29)19-8-3-2-4-9-19)23(22-12-7-17-30-22)28-15-13-27(14-16-28)21-11-6-5-10-20(21)25/h5-7,10-12,17-19,23H,2-4,8-9,13-16H2,1H3,(H,26,29)/p+1/t18-,23+/m0/s1. The Morgan fingerprint density at radius 2 is 1.87 bits per heavy atom. The van der Waals surface area contributed by atoms with Crippen LogP contribution < -0.4 is 15.1 Å². The molecule has 0 spiro atoms. The quantitative estimate of drug-likeness (QED) is 0.737. The van der Waals surface area contributed by atoms with Gasteiger partial charge in [0.1, 0.15) is 11.9 Å². The molecular formula is C24H33FN3OS+. The summed E-state index contributed by atoms with van der Waals surface area (Å²) in [6.07, 6.45) is 5.65. The maximum atomic E-state index is 14.2. The lowest BCUT2D eigenvalue weighted by Crippen LogP contribution is -3.16. The van der Waals surface area contributed by atoms with Crippen LogP contribution in [-0.2, 0) is 4.79 Å². The summed E-state index contributed by atoms with van der Waals surface area (Å²) in [7, 11) is 0. The van der Waals surface area contributed by atoms with Gasteiger partial charge in [0.15, 0.2) is 0 Å². The van der Waals surface area contributed by atoms with Crippen LogP contribution in [0.1, 0.15) is 49.9 Å². The van der Waals surface area contributed by atoms with Crippen LogP contribution in [0.15, 0.2) is 41.8 Å². The van der Waals surface area contributed by atoms with Crippen molar-refractivity contribution in [3.8, 4) is 0 Å². The Balaban J connectivity index is 1.43. The first-order valence-electron chi connectivity index (χ1n) is 11.3. The van der Waals surface area contributed by atoms with Crippen molar-refractivity contribution in [2.45, 2.75) is 51.1 Å². The molecule has 6 heteroatoms. The molecule has 0 radical (unpaired) electrons. The lowest BCUT2D eigenvalue weighted by atomic mass is 9.88. The first-order valence-corrected chi connectivity index (χ1v) is 12.2. The predicted molar refractivity (Wildman–Crippen MR) is 121 cm³/mol. The fourth-order valence-electron chi connectivity index (χ4n) is 5.11. The Bertz CT molecular complexity index is 814. The van der Waals surface area contributed by atoms with Gasteiger partial charge in [0, 0.05) is 5.92 Å². The SMILES string of the molecule is C[C@H](NC(=O)C1CCCCC1)[C@H](c1cccs1)[NH+]1CCN(c2ccccc2F)CC1. The zero-order valence-corrected chi connectivity index (χ0v) is 18.6. The number of piperazine rings is 1. The zero-order chi connectivity index (χ0) is 20.9. The molecule has 2 N–H and O–H groups in total. The first-order chi connectivity index (χ1) is 14.6. The number of thiophene rings is 1. The van der Waals surface area contributed by atoms with Crippen molar-refractivity contribution >= 4 is 22.9 Å². The molecule has 0 bridgehead atoms. The van der Waals surface area contributed by atoms with E-state index in [1.54, 1.807) is 17.4 Å². The van der Waals surface area contributed by atoms with Crippen molar-refractivity contribution in [1.29, 1.82) is 0 Å². The van der Waals surface area contributed by atoms with E-state index in [0.29, 0.717) is 5.69 Å². The highest BCUT2D eigenvalue weighted by atomic mass is 32.1. The summed E-state index contributed by atoms with van der Waals surface area (Å²) in [5.41, 5.74) is 0.697. The number of para-hydroxylation sites is 1. The van der Waals surface area contributed by atoms with Gasteiger partial charge in [-0.1, -0.05) is 37.5 Å². The van der Waals surface area contributed by atoms with Gasteiger partial charge in [0.05, 0.1) is 42.8 Å². The molecule has 1 aromatic carbocycles. The van der Waals surface area contributed by atoms with Crippen molar-refractivity contribution < 1.29 is 14.1 Å². The summed E-state index contributed by atoms with van der Waals surface area (Å²) in [5.74, 6) is 0.259. The summed E-state index contributed by atoms with van der Waals surface area (Å²) in [4.78, 5) is 17.8. The van der Waals surface area contributed by atoms with E-state index >= 15 is 0 Å². The Hall–Kier alpha value is -1.92. The van der Waals surface area contributed by atoms with E-state index in [1.807, 2.05) is 12.1 Å². The minimum Gasteiger partial charge on any atom is -0.358 e. The van der Waals surface area contributed by atoms with E-state index in [9.17, 15) is 9.18 Å². The highest BCUT2D eigenvalue weighted by Crippen LogP contribution is 2.26. The molecule has 4 nitrogen and oxygen atoms in total. The van der Waals surface area contributed by atoms with Gasteiger partial charge in [0.25, 0.3) is 0 Å². The lowest BCUT2D eigenvalue weighted by molar-refractivity contribution is -0.933. The summed E-state index contributed by atoms with van der Waals surface area (Å²) in [5, 5.41) is 5.48. The number of carbonyl (C=O) groups is 1. The van der Waals surface area contributed by atoms with Crippen LogP contribution >= 0.6 is 11.3 Å². The Kier molecular flexibility index (Phi) is 7.05. The third-order valence-corrected chi connectivity index (χ3v) is 7.69. The Morgan fingerprint density at radius 1 is 1.13 bits per heavy atom. The van der Waals surface area contributed by atoms with Crippen LogP contribution in [-0.4, -0.2) is 38.1 Å². The summed E-state index contributed by atoms with van der Waals surface area (Å²) in [6.45, 7) is 5.66. The maximum Gasteiger partial charge on any atom is 0.223 e. The molecule has 30 heavy (non-hydrogen) atoms. The minimum atomic E-state index is -0.149. The Labute approximate surface area is 183 Å². The maximum absolute atomic E-state index is 14.2. The number of anilines is 1. The van der Waals surface area contributed by atoms with Gasteiger partial charge in [-0.15, -0.1) is 11.3 Å². The van der Waals surface area contributed by atoms with Gasteiger partial charge in [-0.2, -0.15) is 0 Å². The molecule has 4 rings (SSSR count). The second kappa shape index (κ2) is 9.92. The van der Waals surface area contributed by atoms with E-state index in [0.717, 1.165) is 39.0 Å². The fraction of sp³-hybridized carbons (Fsp3) is 0.542. The average Bonchev–Trinajstić information content (AvgIpc) is 3.30. The summed E-state index contributed by atoms with van der Waals surface area (Å²) < 4.78 is 14.2. The van der Waals surface area contributed by atoms with Gasteiger partial charge < -0.3 is 15.1 Å². The lowest BCUT2D eigenvalue weighted by Gasteiger charge is -2.39. The average molecular weight is 431 g/mol. The summed E-state index contributed by atoms with van der Waals surface area (Å²) >= 11 is 1.77. The van der Waals surface area contributed by atoms with E-state index in [-0.39, 0.29) is 29.7 Å². The molecule has 2 aromatic rings. The van der Waals surface area contributed by atoms with Crippen molar-refractivity contribution in [3.05, 3.63) is 52.5 Å². The number of halogens is 1. The number of nitrogens with zero attached hydrogens (tertiary/aromatic N) is 1. The number of amides is 1. The second-order valence-electron chi connectivity index (χ2n) is 8.72. The van der Waals surface area contributed by atoms with Gasteiger partial charge >= 0.3 is 0 Å². The van der Waals surface area contributed by atoms with Crippen LogP contribution in [0.4, 0.5) is 10.1 Å². The van der Waals surface area contributed by atoms with E-state index in [4.69, 9.17) is 0 Å². The van der Waals surface area contributed by atoms with Crippen molar-refractivity contribution in [1.82, 2.24) is 5.32 Å². The van der Waals surface area contributed by atoms with E-state index in [1.165, 1.54) is 35.1 Å². The zero-order valence-electron chi connectivity index (χ0n) is 17.8. The number of carbonyl (C=O) groups excluding carboxylic acids is 1. The molecular weight excluding hydrogens is 397 g/mol. The predicted octanol–water partition coefficient (Wildman–Crippen LogP) is 3.42. The highest BCUT2D eigenvalue weighted by molar-refractivity contribution is 7.10.